The molecule has 2 heterocycles. The number of benzene rings is 2. The minimum Gasteiger partial charge on any atom is -0.379 e. The molecule has 0 spiro atoms. The largest absolute Gasteiger partial charge is 0.379 e. The molecule has 156 valence electrons. The van der Waals surface area contributed by atoms with E-state index in [1.807, 2.05) is 30.3 Å². The highest BCUT2D eigenvalue weighted by Crippen LogP contribution is 2.28. The Morgan fingerprint density at radius 1 is 1.07 bits per heavy atom. The summed E-state index contributed by atoms with van der Waals surface area (Å²) in [5, 5.41) is 8.87. The van der Waals surface area contributed by atoms with Gasteiger partial charge in [-0.25, -0.2) is 4.68 Å². The summed E-state index contributed by atoms with van der Waals surface area (Å²) in [6.07, 6.45) is 0. The fourth-order valence-corrected chi connectivity index (χ4v) is 3.72. The number of ether oxygens (including phenoxy) is 1. The van der Waals surface area contributed by atoms with Gasteiger partial charge in [0, 0.05) is 36.8 Å². The topological polar surface area (TPSA) is 59.4 Å². The first kappa shape index (κ1) is 20.9. The molecule has 2 aromatic carbocycles. The Bertz CT molecular complexity index is 1010. The monoisotopic (exact) mass is 444 g/mol. The second-order valence-electron chi connectivity index (χ2n) is 6.99. The summed E-state index contributed by atoms with van der Waals surface area (Å²) in [5.41, 5.74) is 2.59. The van der Waals surface area contributed by atoms with Crippen molar-refractivity contribution >= 4 is 29.1 Å². The van der Waals surface area contributed by atoms with Crippen molar-refractivity contribution in [1.82, 2.24) is 20.0 Å². The van der Waals surface area contributed by atoms with Crippen LogP contribution in [0.4, 0.5) is 0 Å². The van der Waals surface area contributed by atoms with Gasteiger partial charge >= 0.3 is 0 Å². The number of halogens is 2. The second kappa shape index (κ2) is 9.62. The van der Waals surface area contributed by atoms with Crippen LogP contribution in [0.1, 0.15) is 10.5 Å². The van der Waals surface area contributed by atoms with Crippen molar-refractivity contribution in [3.8, 4) is 16.9 Å². The van der Waals surface area contributed by atoms with Crippen LogP contribution in [0, 0.1) is 0 Å². The number of morpholine rings is 1. The first-order chi connectivity index (χ1) is 14.6. The summed E-state index contributed by atoms with van der Waals surface area (Å²) >= 11 is 12.4. The van der Waals surface area contributed by atoms with Crippen LogP contribution in [0.15, 0.2) is 54.6 Å². The minimum absolute atomic E-state index is 0.191. The van der Waals surface area contributed by atoms with Crippen LogP contribution >= 0.6 is 23.2 Å². The van der Waals surface area contributed by atoms with E-state index >= 15 is 0 Å². The predicted octanol–water partition coefficient (Wildman–Crippen LogP) is 3.91. The summed E-state index contributed by atoms with van der Waals surface area (Å²) in [7, 11) is 0. The van der Waals surface area contributed by atoms with Gasteiger partial charge < -0.3 is 10.1 Å². The molecule has 0 unspecified atom stereocenters. The molecule has 4 rings (SSSR count). The van der Waals surface area contributed by atoms with Gasteiger partial charge in [0.2, 0.25) is 0 Å². The number of carbonyl (C=O) groups is 1. The van der Waals surface area contributed by atoms with E-state index in [2.05, 4.69) is 15.3 Å². The molecule has 1 N–H and O–H groups in total. The standard InChI is InChI=1S/C22H22Cl2N4O2/c23-16-5-7-17(8-6-16)28-21(15-20(26-28)18-3-1-2-4-19(18)24)22(29)25-9-10-27-11-13-30-14-12-27/h1-8,15H,9-14H2,(H,25,29). The third kappa shape index (κ3) is 4.84. The molecule has 0 radical (unpaired) electrons. The van der Waals surface area contributed by atoms with Gasteiger partial charge in [-0.2, -0.15) is 5.10 Å². The van der Waals surface area contributed by atoms with Gasteiger partial charge in [-0.3, -0.25) is 9.69 Å². The number of hydrogen-bond acceptors (Lipinski definition) is 4. The first-order valence-corrected chi connectivity index (χ1v) is 10.6. The Hall–Kier alpha value is -2.38. The van der Waals surface area contributed by atoms with E-state index in [9.17, 15) is 4.79 Å². The maximum Gasteiger partial charge on any atom is 0.270 e. The van der Waals surface area contributed by atoms with Gasteiger partial charge in [-0.1, -0.05) is 41.4 Å². The van der Waals surface area contributed by atoms with Crippen molar-refractivity contribution in [2.75, 3.05) is 39.4 Å². The Labute approximate surface area is 185 Å². The van der Waals surface area contributed by atoms with Gasteiger partial charge in [0.25, 0.3) is 5.91 Å². The maximum atomic E-state index is 13.0. The van der Waals surface area contributed by atoms with Crippen LogP contribution in [0.5, 0.6) is 0 Å². The summed E-state index contributed by atoms with van der Waals surface area (Å²) in [4.78, 5) is 15.3. The smallest absolute Gasteiger partial charge is 0.270 e. The van der Waals surface area contributed by atoms with E-state index in [1.54, 1.807) is 28.9 Å². The predicted molar refractivity (Wildman–Crippen MR) is 119 cm³/mol. The molecule has 1 aliphatic rings. The number of nitrogens with one attached hydrogen (secondary N) is 1. The van der Waals surface area contributed by atoms with Gasteiger partial charge in [0.05, 0.1) is 29.6 Å². The van der Waals surface area contributed by atoms with Crippen molar-refractivity contribution in [2.45, 2.75) is 0 Å². The molecular weight excluding hydrogens is 423 g/mol. The number of hydrogen-bond donors (Lipinski definition) is 1. The summed E-state index contributed by atoms with van der Waals surface area (Å²) in [6, 6.07) is 16.4. The van der Waals surface area contributed by atoms with Gasteiger partial charge in [-0.15, -0.1) is 0 Å². The molecule has 1 fully saturated rings. The van der Waals surface area contributed by atoms with Gasteiger partial charge in [-0.05, 0) is 36.4 Å². The van der Waals surface area contributed by atoms with Crippen LogP contribution in [0.25, 0.3) is 16.9 Å². The zero-order chi connectivity index (χ0) is 20.9. The highest BCUT2D eigenvalue weighted by molar-refractivity contribution is 6.33. The SMILES string of the molecule is O=C(NCCN1CCOCC1)c1cc(-c2ccccc2Cl)nn1-c1ccc(Cl)cc1. The van der Waals surface area contributed by atoms with E-state index in [0.29, 0.717) is 28.0 Å². The lowest BCUT2D eigenvalue weighted by Gasteiger charge is -2.26. The lowest BCUT2D eigenvalue weighted by atomic mass is 10.1. The molecule has 1 amide bonds. The van der Waals surface area contributed by atoms with E-state index in [1.165, 1.54) is 0 Å². The summed E-state index contributed by atoms with van der Waals surface area (Å²) in [5.74, 6) is -0.191. The normalized spacial score (nSPS) is 14.6. The highest BCUT2D eigenvalue weighted by Gasteiger charge is 2.19. The van der Waals surface area contributed by atoms with Crippen molar-refractivity contribution in [1.29, 1.82) is 0 Å². The fourth-order valence-electron chi connectivity index (χ4n) is 3.37. The summed E-state index contributed by atoms with van der Waals surface area (Å²) in [6.45, 7) is 4.56. The summed E-state index contributed by atoms with van der Waals surface area (Å²) < 4.78 is 6.99. The van der Waals surface area contributed by atoms with Crippen molar-refractivity contribution < 1.29 is 9.53 Å². The van der Waals surface area contributed by atoms with Crippen LogP contribution in [-0.2, 0) is 4.74 Å². The van der Waals surface area contributed by atoms with Crippen LogP contribution in [0.3, 0.4) is 0 Å². The molecule has 30 heavy (non-hydrogen) atoms. The maximum absolute atomic E-state index is 13.0. The first-order valence-electron chi connectivity index (χ1n) is 9.81. The molecule has 0 atom stereocenters. The Kier molecular flexibility index (Phi) is 6.69. The zero-order valence-corrected chi connectivity index (χ0v) is 17.9. The van der Waals surface area contributed by atoms with Crippen molar-refractivity contribution in [2.24, 2.45) is 0 Å². The average Bonchev–Trinajstić information content (AvgIpc) is 3.20. The quantitative estimate of drug-likeness (QED) is 0.625. The molecular formula is C22H22Cl2N4O2. The average molecular weight is 445 g/mol. The van der Waals surface area contributed by atoms with Gasteiger partial charge in [0.15, 0.2) is 0 Å². The molecule has 1 saturated heterocycles. The number of amides is 1. The van der Waals surface area contributed by atoms with E-state index < -0.39 is 0 Å². The number of aromatic nitrogens is 2. The van der Waals surface area contributed by atoms with Gasteiger partial charge in [0.1, 0.15) is 5.69 Å². The van der Waals surface area contributed by atoms with Crippen LogP contribution in [-0.4, -0.2) is 60.0 Å². The third-order valence-electron chi connectivity index (χ3n) is 4.98. The van der Waals surface area contributed by atoms with E-state index in [0.717, 1.165) is 44.1 Å². The van der Waals surface area contributed by atoms with Crippen molar-refractivity contribution in [3.05, 3.63) is 70.3 Å². The zero-order valence-electron chi connectivity index (χ0n) is 16.4. The molecule has 8 heteroatoms. The molecule has 1 aliphatic heterocycles. The Balaban J connectivity index is 1.58. The molecule has 0 aliphatic carbocycles. The number of nitrogens with zero attached hydrogens (tertiary/aromatic N) is 3. The van der Waals surface area contributed by atoms with E-state index in [4.69, 9.17) is 27.9 Å². The molecule has 0 saturated carbocycles. The molecule has 0 bridgehead atoms. The Morgan fingerprint density at radius 3 is 2.53 bits per heavy atom. The van der Waals surface area contributed by atoms with Crippen LogP contribution < -0.4 is 5.32 Å². The third-order valence-corrected chi connectivity index (χ3v) is 5.56. The second-order valence-corrected chi connectivity index (χ2v) is 7.84. The van der Waals surface area contributed by atoms with Crippen LogP contribution in [0.2, 0.25) is 10.0 Å². The number of rotatable bonds is 6. The Morgan fingerprint density at radius 2 is 1.80 bits per heavy atom. The lowest BCUT2D eigenvalue weighted by Crippen LogP contribution is -2.41. The highest BCUT2D eigenvalue weighted by atomic mass is 35.5. The molecule has 6 nitrogen and oxygen atoms in total. The fraction of sp³-hybridized carbons (Fsp3) is 0.273. The van der Waals surface area contributed by atoms with E-state index in [-0.39, 0.29) is 5.91 Å². The van der Waals surface area contributed by atoms with Crippen molar-refractivity contribution in [3.63, 3.8) is 0 Å². The molecule has 3 aromatic rings. The number of carbonyl (C=O) groups excluding carboxylic acids is 1. The molecule has 1 aromatic heterocycles. The lowest BCUT2D eigenvalue weighted by molar-refractivity contribution is 0.0383. The minimum atomic E-state index is -0.191.